The summed E-state index contributed by atoms with van der Waals surface area (Å²) in [6.45, 7) is 0.440. The number of para-hydroxylation sites is 1. The fraction of sp³-hybridized carbons (Fsp3) is 0.222. The lowest BCUT2D eigenvalue weighted by molar-refractivity contribution is -0.128. The van der Waals surface area contributed by atoms with E-state index in [1.54, 1.807) is 18.2 Å². The molecule has 2 aromatic rings. The van der Waals surface area contributed by atoms with E-state index >= 15 is 0 Å². The Morgan fingerprint density at radius 3 is 2.48 bits per heavy atom. The number of hydrogen-bond donors (Lipinski definition) is 4. The van der Waals surface area contributed by atoms with Crippen molar-refractivity contribution in [3.63, 3.8) is 0 Å². The van der Waals surface area contributed by atoms with Crippen LogP contribution in [0.4, 0.5) is 5.69 Å². The number of carbonyl (C=O) groups excluding carboxylic acids is 2. The van der Waals surface area contributed by atoms with E-state index in [0.29, 0.717) is 23.7 Å². The molecule has 0 aliphatic rings. The Morgan fingerprint density at radius 1 is 1.00 bits per heavy atom. The number of hydrogen-bond acceptors (Lipinski definition) is 5. The number of thiol groups is 1. The van der Waals surface area contributed by atoms with Crippen molar-refractivity contribution in [3.05, 3.63) is 59.7 Å². The van der Waals surface area contributed by atoms with E-state index in [2.05, 4.69) is 23.3 Å². The van der Waals surface area contributed by atoms with Crippen LogP contribution in [0.1, 0.15) is 11.1 Å². The average Bonchev–Trinajstić information content (AvgIpc) is 2.62. The van der Waals surface area contributed by atoms with Gasteiger partial charge >= 0.3 is 0 Å². The predicted octanol–water partition coefficient (Wildman–Crippen LogP) is 1.71. The summed E-state index contributed by atoms with van der Waals surface area (Å²) in [7, 11) is 0. The molecule has 0 spiro atoms. The van der Waals surface area contributed by atoms with E-state index in [-0.39, 0.29) is 25.0 Å². The summed E-state index contributed by atoms with van der Waals surface area (Å²) in [5.74, 6) is -0.634. The molecule has 0 atom stereocenters. The molecule has 0 radical (unpaired) electrons. The van der Waals surface area contributed by atoms with Crippen LogP contribution in [0.15, 0.2) is 53.4 Å². The van der Waals surface area contributed by atoms with Crippen molar-refractivity contribution in [3.8, 4) is 0 Å². The second kappa shape index (κ2) is 9.83. The molecule has 0 fully saturated rings. The van der Waals surface area contributed by atoms with Crippen molar-refractivity contribution in [2.75, 3.05) is 18.5 Å². The smallest absolute Gasteiger partial charge is 0.250 e. The fourth-order valence-electron chi connectivity index (χ4n) is 2.12. The van der Waals surface area contributed by atoms with E-state index in [0.717, 1.165) is 11.1 Å². The maximum Gasteiger partial charge on any atom is 0.250 e. The van der Waals surface area contributed by atoms with Crippen LogP contribution in [0.2, 0.25) is 0 Å². The highest BCUT2D eigenvalue weighted by Crippen LogP contribution is 2.18. The third-order valence-electron chi connectivity index (χ3n) is 3.36. The second-order valence-corrected chi connectivity index (χ2v) is 5.84. The maximum absolute atomic E-state index is 11.8. The molecule has 0 unspecified atom stereocenters. The van der Waals surface area contributed by atoms with Crippen molar-refractivity contribution in [1.29, 1.82) is 0 Å². The molecule has 0 heterocycles. The zero-order valence-corrected chi connectivity index (χ0v) is 14.6. The summed E-state index contributed by atoms with van der Waals surface area (Å²) in [5, 5.41) is 5.40. The van der Waals surface area contributed by atoms with Crippen LogP contribution < -0.4 is 16.4 Å². The summed E-state index contributed by atoms with van der Waals surface area (Å²) in [5.41, 5.74) is 8.15. The third kappa shape index (κ3) is 6.58. The van der Waals surface area contributed by atoms with Crippen LogP contribution in [-0.2, 0) is 27.4 Å². The van der Waals surface area contributed by atoms with Gasteiger partial charge in [-0.1, -0.05) is 36.4 Å². The number of amides is 2. The first kappa shape index (κ1) is 19.0. The van der Waals surface area contributed by atoms with E-state index in [4.69, 9.17) is 10.5 Å². The van der Waals surface area contributed by atoms with Gasteiger partial charge in [-0.2, -0.15) is 0 Å². The molecular formula is C18H21N3O3S. The summed E-state index contributed by atoms with van der Waals surface area (Å²) >= 11 is 4.25. The number of nitrogens with one attached hydrogen (secondary N) is 2. The van der Waals surface area contributed by atoms with E-state index in [1.165, 1.54) is 0 Å². The number of rotatable bonds is 8. The van der Waals surface area contributed by atoms with Gasteiger partial charge in [-0.05, 0) is 23.3 Å². The molecule has 0 aromatic heterocycles. The summed E-state index contributed by atoms with van der Waals surface area (Å²) < 4.78 is 5.13. The lowest BCUT2D eigenvalue weighted by Gasteiger charge is -2.09. The zero-order chi connectivity index (χ0) is 18.1. The molecule has 0 saturated carbocycles. The monoisotopic (exact) mass is 359 g/mol. The maximum atomic E-state index is 11.8. The van der Waals surface area contributed by atoms with Gasteiger partial charge in [0.1, 0.15) is 13.2 Å². The van der Waals surface area contributed by atoms with Crippen LogP contribution in [0.3, 0.4) is 0 Å². The van der Waals surface area contributed by atoms with Crippen LogP contribution in [0.25, 0.3) is 0 Å². The van der Waals surface area contributed by atoms with Gasteiger partial charge in [-0.25, -0.2) is 0 Å². The molecular weight excluding hydrogens is 338 g/mol. The van der Waals surface area contributed by atoms with Crippen molar-refractivity contribution < 1.29 is 14.3 Å². The number of benzene rings is 2. The van der Waals surface area contributed by atoms with Crippen LogP contribution in [0.5, 0.6) is 0 Å². The predicted molar refractivity (Wildman–Crippen MR) is 99.3 cm³/mol. The normalized spacial score (nSPS) is 10.3. The van der Waals surface area contributed by atoms with Gasteiger partial charge in [0.2, 0.25) is 11.8 Å². The Bertz CT molecular complexity index is 737. The fourth-order valence-corrected chi connectivity index (χ4v) is 2.34. The van der Waals surface area contributed by atoms with Crippen LogP contribution >= 0.6 is 12.6 Å². The molecule has 2 aromatic carbocycles. The minimum Gasteiger partial charge on any atom is -0.362 e. The molecule has 7 heteroatoms. The lowest BCUT2D eigenvalue weighted by atomic mass is 10.1. The number of ether oxygens (including phenoxy) is 1. The Kier molecular flexibility index (Phi) is 7.46. The van der Waals surface area contributed by atoms with Gasteiger partial charge in [0.15, 0.2) is 0 Å². The second-order valence-electron chi connectivity index (χ2n) is 5.36. The van der Waals surface area contributed by atoms with Gasteiger partial charge in [0.05, 0.1) is 5.69 Å². The molecule has 0 saturated heterocycles. The molecule has 2 amide bonds. The molecule has 6 nitrogen and oxygen atoms in total. The Labute approximate surface area is 152 Å². The molecule has 132 valence electrons. The first-order valence-electron chi connectivity index (χ1n) is 7.78. The molecule has 0 aliphatic carbocycles. The third-order valence-corrected chi connectivity index (χ3v) is 3.75. The quantitative estimate of drug-likeness (QED) is 0.540. The van der Waals surface area contributed by atoms with Crippen molar-refractivity contribution in [2.24, 2.45) is 5.73 Å². The van der Waals surface area contributed by atoms with E-state index < -0.39 is 0 Å². The lowest BCUT2D eigenvalue weighted by Crippen LogP contribution is -2.29. The average molecular weight is 359 g/mol. The van der Waals surface area contributed by atoms with E-state index in [1.807, 2.05) is 30.3 Å². The van der Waals surface area contributed by atoms with Gasteiger partial charge in [-0.15, -0.1) is 12.6 Å². The molecule has 2 rings (SSSR count). The van der Waals surface area contributed by atoms with Crippen molar-refractivity contribution in [2.45, 2.75) is 18.0 Å². The van der Waals surface area contributed by atoms with Crippen LogP contribution in [-0.4, -0.2) is 25.0 Å². The standard InChI is InChI=1S/C18H21N3O3S/c19-9-13-4-3-5-14(8-13)10-20-17(22)11-24-12-18(23)21-15-6-1-2-7-16(15)25/h1-8,25H,9-12,19H2,(H,20,22)(H,21,23). The highest BCUT2D eigenvalue weighted by molar-refractivity contribution is 7.80. The first-order chi connectivity index (χ1) is 12.1. The van der Waals surface area contributed by atoms with Gasteiger partial charge in [0.25, 0.3) is 0 Å². The molecule has 0 aliphatic heterocycles. The van der Waals surface area contributed by atoms with Gasteiger partial charge in [-0.3, -0.25) is 9.59 Å². The Morgan fingerprint density at radius 2 is 1.72 bits per heavy atom. The molecule has 0 bridgehead atoms. The van der Waals surface area contributed by atoms with Crippen LogP contribution in [0, 0.1) is 0 Å². The van der Waals surface area contributed by atoms with E-state index in [9.17, 15) is 9.59 Å². The summed E-state index contributed by atoms with van der Waals surface area (Å²) in [6.07, 6.45) is 0. The topological polar surface area (TPSA) is 93.4 Å². The first-order valence-corrected chi connectivity index (χ1v) is 8.23. The number of nitrogens with two attached hydrogens (primary N) is 1. The van der Waals surface area contributed by atoms with Crippen molar-refractivity contribution in [1.82, 2.24) is 5.32 Å². The Balaban J connectivity index is 1.68. The minimum atomic E-state index is -0.343. The Hall–Kier alpha value is -2.35. The number of carbonyl (C=O) groups is 2. The minimum absolute atomic E-state index is 0.188. The molecule has 4 N–H and O–H groups in total. The highest BCUT2D eigenvalue weighted by atomic mass is 32.1. The van der Waals surface area contributed by atoms with Gasteiger partial charge < -0.3 is 21.1 Å². The largest absolute Gasteiger partial charge is 0.362 e. The SMILES string of the molecule is NCc1cccc(CNC(=O)COCC(=O)Nc2ccccc2S)c1. The zero-order valence-electron chi connectivity index (χ0n) is 13.7. The van der Waals surface area contributed by atoms with Crippen molar-refractivity contribution >= 4 is 30.1 Å². The summed E-state index contributed by atoms with van der Waals surface area (Å²) in [4.78, 5) is 24.2. The highest BCUT2D eigenvalue weighted by Gasteiger charge is 2.07. The summed E-state index contributed by atoms with van der Waals surface area (Å²) in [6, 6.07) is 14.8. The number of anilines is 1. The molecule has 25 heavy (non-hydrogen) atoms. The van der Waals surface area contributed by atoms with Gasteiger partial charge in [0, 0.05) is 18.0 Å².